The second kappa shape index (κ2) is 10.0. The Labute approximate surface area is 191 Å². The second-order valence-electron chi connectivity index (χ2n) is 7.56. The van der Waals surface area contributed by atoms with Crippen LogP contribution < -0.4 is 14.2 Å². The number of thiazole rings is 1. The molecule has 168 valence electrons. The molecular formula is C24H26N2O5S. The minimum absolute atomic E-state index is 0.0102. The van der Waals surface area contributed by atoms with Crippen molar-refractivity contribution in [3.8, 4) is 17.2 Å². The standard InChI is InChI=1S/C24H26N2O5S/c1-29-20-5-3-4-17(11-20)24(28)26(19-7-8-19)12-16-6-9-21(30-2)22(10-16)31-14-23-25-18(13-27)15-32-23/h3-6,9-11,15,19,27H,7-8,12-14H2,1-2H3. The number of rotatable bonds is 10. The van der Waals surface area contributed by atoms with Crippen LogP contribution in [0.1, 0.15) is 39.5 Å². The van der Waals surface area contributed by atoms with Crippen LogP contribution in [0.2, 0.25) is 0 Å². The first kappa shape index (κ1) is 22.1. The molecule has 4 rings (SSSR count). The SMILES string of the molecule is COc1cccc(C(=O)N(Cc2ccc(OC)c(OCc3nc(CO)cs3)c2)C2CC2)c1. The van der Waals surface area contributed by atoms with Crippen LogP contribution in [-0.4, -0.2) is 41.2 Å². The van der Waals surface area contributed by atoms with Gasteiger partial charge in [-0.1, -0.05) is 12.1 Å². The molecule has 1 aliphatic rings. The lowest BCUT2D eigenvalue weighted by atomic mass is 10.1. The molecule has 1 N–H and O–H groups in total. The molecule has 2 aromatic carbocycles. The topological polar surface area (TPSA) is 81.1 Å². The third-order valence-corrected chi connectivity index (χ3v) is 6.13. The predicted molar refractivity (Wildman–Crippen MR) is 121 cm³/mol. The maximum Gasteiger partial charge on any atom is 0.254 e. The molecule has 3 aromatic rings. The van der Waals surface area contributed by atoms with Gasteiger partial charge in [0.15, 0.2) is 11.5 Å². The van der Waals surface area contributed by atoms with Gasteiger partial charge in [-0.15, -0.1) is 11.3 Å². The van der Waals surface area contributed by atoms with Crippen molar-refractivity contribution in [1.29, 1.82) is 0 Å². The minimum Gasteiger partial charge on any atom is -0.497 e. The van der Waals surface area contributed by atoms with E-state index in [9.17, 15) is 9.90 Å². The summed E-state index contributed by atoms with van der Waals surface area (Å²) >= 11 is 1.44. The van der Waals surface area contributed by atoms with Gasteiger partial charge in [0.1, 0.15) is 17.4 Å². The van der Waals surface area contributed by atoms with E-state index < -0.39 is 0 Å². The molecule has 0 aliphatic heterocycles. The highest BCUT2D eigenvalue weighted by Crippen LogP contribution is 2.33. The Bertz CT molecular complexity index is 1080. The molecule has 0 spiro atoms. The van der Waals surface area contributed by atoms with Crippen LogP contribution in [0.3, 0.4) is 0 Å². The van der Waals surface area contributed by atoms with Crippen LogP contribution in [-0.2, 0) is 19.8 Å². The Hall–Kier alpha value is -3.10. The lowest BCUT2D eigenvalue weighted by molar-refractivity contribution is 0.0729. The van der Waals surface area contributed by atoms with Gasteiger partial charge in [-0.3, -0.25) is 4.79 Å². The summed E-state index contributed by atoms with van der Waals surface area (Å²) in [6, 6.07) is 13.2. The van der Waals surface area contributed by atoms with E-state index in [1.54, 1.807) is 20.3 Å². The van der Waals surface area contributed by atoms with E-state index in [0.717, 1.165) is 23.4 Å². The molecule has 0 radical (unpaired) electrons. The fourth-order valence-corrected chi connectivity index (χ4v) is 4.13. The predicted octanol–water partition coefficient (Wildman–Crippen LogP) is 4.04. The number of aromatic nitrogens is 1. The number of carbonyl (C=O) groups excluding carboxylic acids is 1. The highest BCUT2D eigenvalue weighted by atomic mass is 32.1. The highest BCUT2D eigenvalue weighted by molar-refractivity contribution is 7.09. The van der Waals surface area contributed by atoms with Crippen LogP contribution in [0.15, 0.2) is 47.8 Å². The Morgan fingerprint density at radius 3 is 2.69 bits per heavy atom. The maximum atomic E-state index is 13.2. The number of methoxy groups -OCH3 is 2. The molecule has 1 aromatic heterocycles. The van der Waals surface area contributed by atoms with Crippen molar-refractivity contribution >= 4 is 17.2 Å². The fourth-order valence-electron chi connectivity index (χ4n) is 3.43. The van der Waals surface area contributed by atoms with Crippen LogP contribution in [0.4, 0.5) is 0 Å². The number of hydrogen-bond acceptors (Lipinski definition) is 7. The third-order valence-electron chi connectivity index (χ3n) is 5.26. The van der Waals surface area contributed by atoms with Crippen molar-refractivity contribution in [2.24, 2.45) is 0 Å². The zero-order chi connectivity index (χ0) is 22.5. The number of ether oxygens (including phenoxy) is 3. The van der Waals surface area contributed by atoms with Gasteiger partial charge in [-0.25, -0.2) is 4.98 Å². The average Bonchev–Trinajstić information content (AvgIpc) is 3.57. The number of amides is 1. The molecule has 7 nitrogen and oxygen atoms in total. The van der Waals surface area contributed by atoms with E-state index in [1.165, 1.54) is 11.3 Å². The number of hydrogen-bond donors (Lipinski definition) is 1. The maximum absolute atomic E-state index is 13.2. The molecule has 0 saturated heterocycles. The third kappa shape index (κ3) is 5.20. The van der Waals surface area contributed by atoms with E-state index in [0.29, 0.717) is 35.1 Å². The molecule has 8 heteroatoms. The lowest BCUT2D eigenvalue weighted by Gasteiger charge is -2.23. The Kier molecular flexibility index (Phi) is 6.92. The molecule has 1 fully saturated rings. The molecule has 1 heterocycles. The first-order chi connectivity index (χ1) is 15.6. The molecule has 0 bridgehead atoms. The van der Waals surface area contributed by atoms with Gasteiger partial charge in [0, 0.05) is 23.5 Å². The van der Waals surface area contributed by atoms with Gasteiger partial charge in [-0.05, 0) is 48.7 Å². The van der Waals surface area contributed by atoms with Gasteiger partial charge in [-0.2, -0.15) is 0 Å². The fraction of sp³-hybridized carbons (Fsp3) is 0.333. The van der Waals surface area contributed by atoms with Gasteiger partial charge in [0.2, 0.25) is 0 Å². The second-order valence-corrected chi connectivity index (χ2v) is 8.50. The van der Waals surface area contributed by atoms with E-state index in [-0.39, 0.29) is 25.2 Å². The largest absolute Gasteiger partial charge is 0.497 e. The first-order valence-electron chi connectivity index (χ1n) is 10.4. The number of nitrogens with zero attached hydrogens (tertiary/aromatic N) is 2. The van der Waals surface area contributed by atoms with Crippen LogP contribution in [0.5, 0.6) is 17.2 Å². The van der Waals surface area contributed by atoms with E-state index in [1.807, 2.05) is 46.7 Å². The highest BCUT2D eigenvalue weighted by Gasteiger charge is 2.33. The lowest BCUT2D eigenvalue weighted by Crippen LogP contribution is -2.32. The van der Waals surface area contributed by atoms with Crippen molar-refractivity contribution < 1.29 is 24.1 Å². The van der Waals surface area contributed by atoms with Crippen LogP contribution in [0, 0.1) is 0 Å². The summed E-state index contributed by atoms with van der Waals surface area (Å²) < 4.78 is 16.7. The van der Waals surface area contributed by atoms with Gasteiger partial charge in [0.05, 0.1) is 26.5 Å². The normalized spacial score (nSPS) is 13.0. The number of aliphatic hydroxyl groups is 1. The molecule has 1 saturated carbocycles. The number of carbonyl (C=O) groups is 1. The minimum atomic E-state index is -0.0897. The Morgan fingerprint density at radius 1 is 1.16 bits per heavy atom. The van der Waals surface area contributed by atoms with E-state index >= 15 is 0 Å². The van der Waals surface area contributed by atoms with Crippen LogP contribution in [0.25, 0.3) is 0 Å². The van der Waals surface area contributed by atoms with E-state index in [2.05, 4.69) is 4.98 Å². The summed E-state index contributed by atoms with van der Waals surface area (Å²) in [7, 11) is 3.19. The number of benzene rings is 2. The number of aliphatic hydroxyl groups excluding tert-OH is 1. The zero-order valence-corrected chi connectivity index (χ0v) is 18.9. The molecule has 1 aliphatic carbocycles. The Morgan fingerprint density at radius 2 is 2.00 bits per heavy atom. The van der Waals surface area contributed by atoms with E-state index in [4.69, 9.17) is 14.2 Å². The summed E-state index contributed by atoms with van der Waals surface area (Å²) in [5.41, 5.74) is 2.20. The Balaban J connectivity index is 1.51. The summed E-state index contributed by atoms with van der Waals surface area (Å²) in [4.78, 5) is 19.5. The smallest absolute Gasteiger partial charge is 0.254 e. The van der Waals surface area contributed by atoms with Gasteiger partial charge in [0.25, 0.3) is 5.91 Å². The van der Waals surface area contributed by atoms with Crippen LogP contribution >= 0.6 is 11.3 Å². The van der Waals surface area contributed by atoms with Gasteiger partial charge >= 0.3 is 0 Å². The molecule has 0 unspecified atom stereocenters. The van der Waals surface area contributed by atoms with Crippen molar-refractivity contribution in [2.45, 2.75) is 38.6 Å². The molecular weight excluding hydrogens is 428 g/mol. The molecule has 32 heavy (non-hydrogen) atoms. The zero-order valence-electron chi connectivity index (χ0n) is 18.1. The summed E-state index contributed by atoms with van der Waals surface area (Å²) in [6.07, 6.45) is 2.01. The van der Waals surface area contributed by atoms with Crippen molar-refractivity contribution in [3.05, 3.63) is 69.7 Å². The van der Waals surface area contributed by atoms with Gasteiger partial charge < -0.3 is 24.2 Å². The summed E-state index contributed by atoms with van der Waals surface area (Å²) in [5, 5.41) is 11.8. The molecule has 1 amide bonds. The average molecular weight is 455 g/mol. The van der Waals surface area contributed by atoms with Crippen molar-refractivity contribution in [3.63, 3.8) is 0 Å². The summed E-state index contributed by atoms with van der Waals surface area (Å²) in [6.45, 7) is 0.667. The summed E-state index contributed by atoms with van der Waals surface area (Å²) in [5.74, 6) is 1.86. The monoisotopic (exact) mass is 454 g/mol. The quantitative estimate of drug-likeness (QED) is 0.498. The van der Waals surface area contributed by atoms with Crippen molar-refractivity contribution in [2.75, 3.05) is 14.2 Å². The molecule has 0 atom stereocenters. The first-order valence-corrected chi connectivity index (χ1v) is 11.3. The van der Waals surface area contributed by atoms with Crippen molar-refractivity contribution in [1.82, 2.24) is 9.88 Å².